The molecule has 0 N–H and O–H groups in total. The van der Waals surface area contributed by atoms with Gasteiger partial charge in [-0.1, -0.05) is 6.07 Å². The Labute approximate surface area is 99.4 Å². The van der Waals surface area contributed by atoms with Crippen molar-refractivity contribution in [2.75, 3.05) is 6.54 Å². The van der Waals surface area contributed by atoms with E-state index in [9.17, 15) is 0 Å². The van der Waals surface area contributed by atoms with Gasteiger partial charge in [0.05, 0.1) is 11.4 Å². The average molecular weight is 231 g/mol. The van der Waals surface area contributed by atoms with Gasteiger partial charge in [-0.05, 0) is 31.4 Å². The monoisotopic (exact) mass is 231 g/mol. The fourth-order valence-electron chi connectivity index (χ4n) is 1.45. The summed E-state index contributed by atoms with van der Waals surface area (Å²) in [4.78, 5) is 8.79. The second-order valence-corrected chi connectivity index (χ2v) is 4.40. The lowest BCUT2D eigenvalue weighted by Crippen LogP contribution is -1.90. The minimum Gasteiger partial charge on any atom is -0.254 e. The lowest BCUT2D eigenvalue weighted by atomic mass is 10.2. The van der Waals surface area contributed by atoms with E-state index in [2.05, 4.69) is 15.3 Å². The number of hydrogen-bond acceptors (Lipinski definition) is 3. The summed E-state index contributed by atoms with van der Waals surface area (Å²) in [6.07, 6.45) is 4.55. The minimum absolute atomic E-state index is 0.261. The fourth-order valence-corrected chi connectivity index (χ4v) is 2.28. The molecular weight excluding hydrogens is 218 g/mol. The molecule has 2 rings (SSSR count). The second-order valence-electron chi connectivity index (χ2n) is 3.54. The zero-order valence-corrected chi connectivity index (χ0v) is 9.78. The van der Waals surface area contributed by atoms with Gasteiger partial charge in [0.1, 0.15) is 5.01 Å². The number of nitrogens with zero attached hydrogens (tertiary/aromatic N) is 3. The summed E-state index contributed by atoms with van der Waals surface area (Å²) >= 11 is 1.62. The molecule has 0 aromatic carbocycles. The Hall–Kier alpha value is -1.26. The third-order valence-electron chi connectivity index (χ3n) is 2.28. The van der Waals surface area contributed by atoms with Crippen molar-refractivity contribution in [3.05, 3.63) is 35.5 Å². The van der Waals surface area contributed by atoms with Crippen molar-refractivity contribution in [1.82, 2.24) is 15.7 Å². The number of aryl methyl sites for hydroxylation is 1. The Morgan fingerprint density at radius 1 is 1.25 bits per heavy atom. The van der Waals surface area contributed by atoms with Crippen molar-refractivity contribution < 1.29 is 0 Å². The number of aromatic nitrogens is 2. The molecule has 2 aromatic rings. The van der Waals surface area contributed by atoms with Gasteiger partial charge in [0.25, 0.3) is 0 Å². The fraction of sp³-hybridized carbons (Fsp3) is 0.333. The first-order valence-electron chi connectivity index (χ1n) is 5.37. The molecule has 0 aliphatic heterocycles. The molecule has 2 radical (unpaired) electrons. The van der Waals surface area contributed by atoms with Gasteiger partial charge in [-0.15, -0.1) is 17.1 Å². The third-order valence-corrected chi connectivity index (χ3v) is 3.19. The highest BCUT2D eigenvalue weighted by Crippen LogP contribution is 2.21. The first kappa shape index (κ1) is 11.2. The van der Waals surface area contributed by atoms with E-state index in [0.29, 0.717) is 0 Å². The van der Waals surface area contributed by atoms with E-state index in [-0.39, 0.29) is 6.54 Å². The second kappa shape index (κ2) is 5.72. The zero-order valence-electron chi connectivity index (χ0n) is 8.97. The molecule has 2 aromatic heterocycles. The van der Waals surface area contributed by atoms with Crippen LogP contribution in [0.4, 0.5) is 0 Å². The largest absolute Gasteiger partial charge is 0.254 e. The average Bonchev–Trinajstić information content (AvgIpc) is 2.79. The summed E-state index contributed by atoms with van der Waals surface area (Å²) in [7, 11) is 0. The van der Waals surface area contributed by atoms with Crippen molar-refractivity contribution >= 4 is 11.3 Å². The van der Waals surface area contributed by atoms with Crippen LogP contribution in [0, 0.1) is 0 Å². The third kappa shape index (κ3) is 2.87. The summed E-state index contributed by atoms with van der Waals surface area (Å²) in [6, 6.07) is 5.84. The molecule has 16 heavy (non-hydrogen) atoms. The van der Waals surface area contributed by atoms with Crippen molar-refractivity contribution in [1.29, 1.82) is 0 Å². The van der Waals surface area contributed by atoms with Gasteiger partial charge in [0.15, 0.2) is 0 Å². The maximum absolute atomic E-state index is 8.70. The van der Waals surface area contributed by atoms with Gasteiger partial charge in [0, 0.05) is 18.1 Å². The number of pyridine rings is 1. The van der Waals surface area contributed by atoms with Crippen LogP contribution < -0.4 is 5.73 Å². The summed E-state index contributed by atoms with van der Waals surface area (Å²) in [5, 5.41) is 3.04. The van der Waals surface area contributed by atoms with Crippen LogP contribution in [0.15, 0.2) is 29.8 Å². The molecular formula is C12H13N3S. The molecule has 0 amide bonds. The van der Waals surface area contributed by atoms with Gasteiger partial charge < -0.3 is 0 Å². The van der Waals surface area contributed by atoms with E-state index in [4.69, 9.17) is 5.73 Å². The van der Waals surface area contributed by atoms with Crippen molar-refractivity contribution in [2.24, 2.45) is 0 Å². The van der Waals surface area contributed by atoms with Gasteiger partial charge in [-0.2, -0.15) is 0 Å². The molecule has 4 heteroatoms. The van der Waals surface area contributed by atoms with Gasteiger partial charge in [-0.3, -0.25) is 4.98 Å². The summed E-state index contributed by atoms with van der Waals surface area (Å²) in [5.41, 5.74) is 10.7. The standard InChI is InChI=1S/C12H13N3S/c13-7-3-1-5-10-9-16-12(15-10)11-6-2-4-8-14-11/h2,4,6,8-9H,1,3,5,7H2. The van der Waals surface area contributed by atoms with Crippen LogP contribution in [0.25, 0.3) is 10.7 Å². The SMILES string of the molecule is [N]CCCCc1csc(-c2ccccn2)n1. The van der Waals surface area contributed by atoms with E-state index < -0.39 is 0 Å². The zero-order chi connectivity index (χ0) is 11.2. The van der Waals surface area contributed by atoms with Crippen LogP contribution in [0.3, 0.4) is 0 Å². The lowest BCUT2D eigenvalue weighted by Gasteiger charge is -1.94. The maximum atomic E-state index is 8.70. The van der Waals surface area contributed by atoms with E-state index in [1.54, 1.807) is 17.5 Å². The van der Waals surface area contributed by atoms with Crippen LogP contribution in [-0.2, 0) is 6.42 Å². The predicted molar refractivity (Wildman–Crippen MR) is 65.3 cm³/mol. The summed E-state index contributed by atoms with van der Waals surface area (Å²) in [6.45, 7) is 0.261. The number of hydrogen-bond donors (Lipinski definition) is 0. The molecule has 0 aliphatic carbocycles. The lowest BCUT2D eigenvalue weighted by molar-refractivity contribution is 0.727. The Morgan fingerprint density at radius 2 is 2.19 bits per heavy atom. The smallest absolute Gasteiger partial charge is 0.142 e. The van der Waals surface area contributed by atoms with Gasteiger partial charge in [-0.25, -0.2) is 4.98 Å². The summed E-state index contributed by atoms with van der Waals surface area (Å²) < 4.78 is 0. The Morgan fingerprint density at radius 3 is 2.94 bits per heavy atom. The Balaban J connectivity index is 2.02. The number of unbranched alkanes of at least 4 members (excludes halogenated alkanes) is 1. The molecule has 0 aliphatic rings. The molecule has 0 saturated carbocycles. The normalized spacial score (nSPS) is 10.6. The van der Waals surface area contributed by atoms with Crippen LogP contribution in [0.5, 0.6) is 0 Å². The van der Waals surface area contributed by atoms with E-state index in [1.165, 1.54) is 0 Å². The van der Waals surface area contributed by atoms with Crippen LogP contribution >= 0.6 is 11.3 Å². The topological polar surface area (TPSA) is 48.1 Å². The highest BCUT2D eigenvalue weighted by molar-refractivity contribution is 7.13. The molecule has 0 unspecified atom stereocenters. The van der Waals surface area contributed by atoms with Crippen LogP contribution in [0.2, 0.25) is 0 Å². The van der Waals surface area contributed by atoms with Crippen molar-refractivity contribution in [3.63, 3.8) is 0 Å². The van der Waals surface area contributed by atoms with Gasteiger partial charge in [0.2, 0.25) is 0 Å². The molecule has 2 heterocycles. The van der Waals surface area contributed by atoms with E-state index >= 15 is 0 Å². The number of rotatable bonds is 5. The van der Waals surface area contributed by atoms with Gasteiger partial charge >= 0.3 is 0 Å². The summed E-state index contributed by atoms with van der Waals surface area (Å²) in [5.74, 6) is 0. The molecule has 3 nitrogen and oxygen atoms in total. The number of thiazole rings is 1. The minimum atomic E-state index is 0.261. The quantitative estimate of drug-likeness (QED) is 0.743. The highest BCUT2D eigenvalue weighted by Gasteiger charge is 2.04. The van der Waals surface area contributed by atoms with E-state index in [0.717, 1.165) is 35.7 Å². The van der Waals surface area contributed by atoms with Crippen LogP contribution in [0.1, 0.15) is 18.5 Å². The maximum Gasteiger partial charge on any atom is 0.142 e. The van der Waals surface area contributed by atoms with Crippen molar-refractivity contribution in [2.45, 2.75) is 19.3 Å². The predicted octanol–water partition coefficient (Wildman–Crippen LogP) is 2.60. The first-order chi connectivity index (χ1) is 7.90. The molecule has 0 fully saturated rings. The molecule has 82 valence electrons. The molecule has 0 bridgehead atoms. The molecule has 0 saturated heterocycles. The Kier molecular flexibility index (Phi) is 4.02. The first-order valence-corrected chi connectivity index (χ1v) is 6.25. The molecule has 0 spiro atoms. The highest BCUT2D eigenvalue weighted by atomic mass is 32.1. The van der Waals surface area contributed by atoms with Crippen LogP contribution in [-0.4, -0.2) is 16.5 Å². The van der Waals surface area contributed by atoms with E-state index in [1.807, 2.05) is 18.2 Å². The van der Waals surface area contributed by atoms with Crippen molar-refractivity contribution in [3.8, 4) is 10.7 Å². The Bertz CT molecular complexity index is 425. The molecule has 0 atom stereocenters.